The molecule has 3 rings (SSSR count). The van der Waals surface area contributed by atoms with Crippen LogP contribution < -0.4 is 5.32 Å². The normalized spacial score (nSPS) is 19.5. The number of nitrogens with zero attached hydrogens (tertiary/aromatic N) is 1. The summed E-state index contributed by atoms with van der Waals surface area (Å²) in [6.07, 6.45) is 0.580. The third kappa shape index (κ3) is 5.85. The Hall–Kier alpha value is -1.27. The number of carbonyl (C=O) groups excluding carboxylic acids is 1. The summed E-state index contributed by atoms with van der Waals surface area (Å²) >= 11 is 0. The molecule has 0 radical (unpaired) electrons. The molecule has 1 N–H and O–H groups in total. The fourth-order valence-electron chi connectivity index (χ4n) is 3.66. The Morgan fingerprint density at radius 1 is 1.22 bits per heavy atom. The maximum absolute atomic E-state index is 13.0. The number of hydrogen-bond acceptors (Lipinski definition) is 2. The second kappa shape index (κ2) is 9.28. The number of halogens is 4. The molecule has 2 fully saturated rings. The molecular weight excluding hydrogens is 377 g/mol. The lowest BCUT2D eigenvalue weighted by Gasteiger charge is -2.34. The monoisotopic (exact) mass is 404 g/mol. The van der Waals surface area contributed by atoms with Gasteiger partial charge in [0, 0.05) is 19.1 Å². The Kier molecular flexibility index (Phi) is 7.57. The predicted molar refractivity (Wildman–Crippen MR) is 102 cm³/mol. The lowest BCUT2D eigenvalue weighted by Crippen LogP contribution is -2.46. The van der Waals surface area contributed by atoms with Crippen molar-refractivity contribution in [1.29, 1.82) is 0 Å². The van der Waals surface area contributed by atoms with Crippen LogP contribution in [0.2, 0.25) is 0 Å². The average Bonchev–Trinajstić information content (AvgIpc) is 3.45. The molecule has 1 saturated heterocycles. The number of carbonyl (C=O) groups is 1. The van der Waals surface area contributed by atoms with Crippen LogP contribution in [0.3, 0.4) is 0 Å². The van der Waals surface area contributed by atoms with Gasteiger partial charge in [-0.2, -0.15) is 13.2 Å². The van der Waals surface area contributed by atoms with Crippen molar-refractivity contribution in [2.24, 2.45) is 5.92 Å². The summed E-state index contributed by atoms with van der Waals surface area (Å²) in [5.41, 5.74) is -0.231. The molecule has 3 nitrogen and oxygen atoms in total. The Balaban J connectivity index is 0.00000261. The van der Waals surface area contributed by atoms with Crippen LogP contribution in [0.15, 0.2) is 24.3 Å². The molecule has 1 aliphatic heterocycles. The topological polar surface area (TPSA) is 32.3 Å². The molecule has 1 saturated carbocycles. The Morgan fingerprint density at radius 3 is 2.44 bits per heavy atom. The van der Waals surface area contributed by atoms with Gasteiger partial charge in [0.05, 0.1) is 11.5 Å². The first-order chi connectivity index (χ1) is 12.4. The van der Waals surface area contributed by atoms with Crippen LogP contribution in [0.5, 0.6) is 0 Å². The van der Waals surface area contributed by atoms with Crippen LogP contribution in [0, 0.1) is 5.92 Å². The minimum Gasteiger partial charge on any atom is -0.342 e. The van der Waals surface area contributed by atoms with E-state index < -0.39 is 17.7 Å². The summed E-state index contributed by atoms with van der Waals surface area (Å²) in [4.78, 5) is 14.7. The summed E-state index contributed by atoms with van der Waals surface area (Å²) < 4.78 is 38.9. The number of piperidine rings is 1. The van der Waals surface area contributed by atoms with Crippen LogP contribution >= 0.6 is 12.4 Å². The van der Waals surface area contributed by atoms with Crippen molar-refractivity contribution in [2.45, 2.75) is 57.2 Å². The predicted octanol–water partition coefficient (Wildman–Crippen LogP) is 4.61. The molecule has 0 bridgehead atoms. The zero-order valence-corrected chi connectivity index (χ0v) is 16.4. The van der Waals surface area contributed by atoms with E-state index in [9.17, 15) is 18.0 Å². The molecule has 1 atom stereocenters. The highest BCUT2D eigenvalue weighted by Gasteiger charge is 2.33. The van der Waals surface area contributed by atoms with Crippen molar-refractivity contribution in [3.05, 3.63) is 35.4 Å². The van der Waals surface area contributed by atoms with E-state index in [1.54, 1.807) is 6.07 Å². The summed E-state index contributed by atoms with van der Waals surface area (Å²) in [6.45, 7) is 4.28. The molecule has 1 unspecified atom stereocenters. The highest BCUT2D eigenvalue weighted by atomic mass is 35.5. The number of benzene rings is 1. The second-order valence-corrected chi connectivity index (χ2v) is 7.54. The van der Waals surface area contributed by atoms with E-state index in [4.69, 9.17) is 0 Å². The van der Waals surface area contributed by atoms with Gasteiger partial charge in [0.15, 0.2) is 0 Å². The number of alkyl halides is 3. The molecule has 27 heavy (non-hydrogen) atoms. The first-order valence-corrected chi connectivity index (χ1v) is 9.57. The van der Waals surface area contributed by atoms with Gasteiger partial charge < -0.3 is 10.2 Å². The SMILES string of the molecule is CCC(C(=O)N1CCC(NCC2CC2)CC1)c1cccc(C(F)(F)F)c1.Cl. The van der Waals surface area contributed by atoms with Gasteiger partial charge in [-0.25, -0.2) is 0 Å². The third-order valence-corrected chi connectivity index (χ3v) is 5.52. The maximum atomic E-state index is 13.0. The van der Waals surface area contributed by atoms with E-state index in [0.717, 1.165) is 37.4 Å². The van der Waals surface area contributed by atoms with E-state index in [0.29, 0.717) is 31.1 Å². The maximum Gasteiger partial charge on any atom is 0.416 e. The van der Waals surface area contributed by atoms with Crippen molar-refractivity contribution < 1.29 is 18.0 Å². The lowest BCUT2D eigenvalue weighted by molar-refractivity contribution is -0.138. The van der Waals surface area contributed by atoms with Crippen molar-refractivity contribution in [3.8, 4) is 0 Å². The molecule has 1 aromatic rings. The summed E-state index contributed by atoms with van der Waals surface area (Å²) in [7, 11) is 0. The molecule has 1 aliphatic carbocycles. The minimum absolute atomic E-state index is 0. The molecule has 1 aromatic carbocycles. The summed E-state index contributed by atoms with van der Waals surface area (Å²) in [5.74, 6) is 0.279. The van der Waals surface area contributed by atoms with Crippen LogP contribution in [0.25, 0.3) is 0 Å². The van der Waals surface area contributed by atoms with Gasteiger partial charge in [0.25, 0.3) is 0 Å². The first kappa shape index (κ1) is 22.0. The Labute approximate surface area is 165 Å². The van der Waals surface area contributed by atoms with Gasteiger partial charge in [0.1, 0.15) is 0 Å². The molecular formula is C20H28ClF3N2O. The number of hydrogen-bond donors (Lipinski definition) is 1. The summed E-state index contributed by atoms with van der Waals surface area (Å²) in [5, 5.41) is 3.58. The Bertz CT molecular complexity index is 626. The van der Waals surface area contributed by atoms with Gasteiger partial charge in [-0.1, -0.05) is 25.1 Å². The van der Waals surface area contributed by atoms with E-state index in [1.807, 2.05) is 11.8 Å². The van der Waals surface area contributed by atoms with Crippen molar-refractivity contribution in [1.82, 2.24) is 10.2 Å². The number of rotatable bonds is 6. The molecule has 1 amide bonds. The summed E-state index contributed by atoms with van der Waals surface area (Å²) in [6, 6.07) is 5.65. The van der Waals surface area contributed by atoms with E-state index in [-0.39, 0.29) is 18.3 Å². The standard InChI is InChI=1S/C20H27F3N2O.ClH/c1-2-18(15-4-3-5-16(12-15)20(21,22)23)19(26)25-10-8-17(9-11-25)24-13-14-6-7-14;/h3-5,12,14,17-18,24H,2,6-11,13H2,1H3;1H. The fraction of sp³-hybridized carbons (Fsp3) is 0.650. The third-order valence-electron chi connectivity index (χ3n) is 5.52. The smallest absolute Gasteiger partial charge is 0.342 e. The van der Waals surface area contributed by atoms with E-state index >= 15 is 0 Å². The first-order valence-electron chi connectivity index (χ1n) is 9.57. The number of amides is 1. The van der Waals surface area contributed by atoms with Gasteiger partial charge in [-0.15, -0.1) is 12.4 Å². The van der Waals surface area contributed by atoms with Crippen molar-refractivity contribution in [3.63, 3.8) is 0 Å². The van der Waals surface area contributed by atoms with Gasteiger partial charge in [0.2, 0.25) is 5.91 Å². The molecule has 1 heterocycles. The van der Waals surface area contributed by atoms with Crippen LogP contribution in [-0.4, -0.2) is 36.5 Å². The second-order valence-electron chi connectivity index (χ2n) is 7.54. The lowest BCUT2D eigenvalue weighted by atomic mass is 9.92. The van der Waals surface area contributed by atoms with Gasteiger partial charge in [-0.3, -0.25) is 4.79 Å². The van der Waals surface area contributed by atoms with E-state index in [1.165, 1.54) is 18.9 Å². The molecule has 2 aliphatic rings. The molecule has 152 valence electrons. The fourth-order valence-corrected chi connectivity index (χ4v) is 3.66. The highest BCUT2D eigenvalue weighted by molar-refractivity contribution is 5.85. The largest absolute Gasteiger partial charge is 0.416 e. The average molecular weight is 405 g/mol. The van der Waals surface area contributed by atoms with Crippen LogP contribution in [-0.2, 0) is 11.0 Å². The van der Waals surface area contributed by atoms with Crippen LogP contribution in [0.1, 0.15) is 56.1 Å². The van der Waals surface area contributed by atoms with Gasteiger partial charge in [-0.05, 0) is 56.2 Å². The number of nitrogens with one attached hydrogen (secondary N) is 1. The zero-order chi connectivity index (χ0) is 18.7. The van der Waals surface area contributed by atoms with Crippen molar-refractivity contribution >= 4 is 18.3 Å². The minimum atomic E-state index is -4.39. The highest BCUT2D eigenvalue weighted by Crippen LogP contribution is 2.33. The van der Waals surface area contributed by atoms with Gasteiger partial charge >= 0.3 is 6.18 Å². The molecule has 0 aromatic heterocycles. The molecule has 7 heteroatoms. The number of likely N-dealkylation sites (tertiary alicyclic amines) is 1. The van der Waals surface area contributed by atoms with Crippen molar-refractivity contribution in [2.75, 3.05) is 19.6 Å². The van der Waals surface area contributed by atoms with E-state index in [2.05, 4.69) is 5.32 Å². The van der Waals surface area contributed by atoms with Crippen LogP contribution in [0.4, 0.5) is 13.2 Å². The molecule has 0 spiro atoms. The quantitative estimate of drug-likeness (QED) is 0.750. The Morgan fingerprint density at radius 2 is 1.89 bits per heavy atom. The zero-order valence-electron chi connectivity index (χ0n) is 15.6.